The Morgan fingerprint density at radius 3 is 2.61 bits per heavy atom. The number of hydrogen-bond donors (Lipinski definition) is 1. The van der Waals surface area contributed by atoms with Crippen molar-refractivity contribution in [3.05, 3.63) is 56.2 Å². The SMILES string of the molecule is CCOc1c(Cl)cc(/C=N/Nc2ccc([N+](=O)[O-])cn2)cc1Cl. The Balaban J connectivity index is 2.07. The lowest BCUT2D eigenvalue weighted by molar-refractivity contribution is -0.385. The first-order valence-corrected chi connectivity index (χ1v) is 7.28. The minimum absolute atomic E-state index is 0.0930. The Kier molecular flexibility index (Phi) is 5.72. The summed E-state index contributed by atoms with van der Waals surface area (Å²) in [5.41, 5.74) is 3.23. The van der Waals surface area contributed by atoms with Gasteiger partial charge in [-0.05, 0) is 30.7 Å². The molecule has 0 amide bonds. The third kappa shape index (κ3) is 4.54. The van der Waals surface area contributed by atoms with Crippen molar-refractivity contribution in [3.8, 4) is 5.75 Å². The van der Waals surface area contributed by atoms with Crippen molar-refractivity contribution >= 4 is 40.9 Å². The topological polar surface area (TPSA) is 89.6 Å². The summed E-state index contributed by atoms with van der Waals surface area (Å²) in [6, 6.07) is 6.10. The van der Waals surface area contributed by atoms with Gasteiger partial charge in [-0.15, -0.1) is 0 Å². The van der Waals surface area contributed by atoms with E-state index in [2.05, 4.69) is 15.5 Å². The first-order valence-electron chi connectivity index (χ1n) is 6.52. The highest BCUT2D eigenvalue weighted by molar-refractivity contribution is 6.37. The molecule has 0 fully saturated rings. The number of pyridine rings is 1. The second-order valence-electron chi connectivity index (χ2n) is 4.28. The van der Waals surface area contributed by atoms with Crippen molar-refractivity contribution < 1.29 is 9.66 Å². The number of hydrogen-bond acceptors (Lipinski definition) is 6. The molecule has 1 heterocycles. The second kappa shape index (κ2) is 7.75. The van der Waals surface area contributed by atoms with Gasteiger partial charge in [0.1, 0.15) is 12.0 Å². The fraction of sp³-hybridized carbons (Fsp3) is 0.143. The van der Waals surface area contributed by atoms with Crippen LogP contribution in [0.1, 0.15) is 12.5 Å². The van der Waals surface area contributed by atoms with Gasteiger partial charge in [0.05, 0.1) is 27.8 Å². The first-order chi connectivity index (χ1) is 11.0. The molecule has 2 aromatic rings. The number of hydrazone groups is 1. The van der Waals surface area contributed by atoms with E-state index in [1.807, 2.05) is 6.92 Å². The van der Waals surface area contributed by atoms with Gasteiger partial charge in [-0.2, -0.15) is 5.10 Å². The summed E-state index contributed by atoms with van der Waals surface area (Å²) in [6.45, 7) is 2.30. The molecule has 1 aromatic carbocycles. The third-order valence-corrected chi connectivity index (χ3v) is 3.22. The van der Waals surface area contributed by atoms with Crippen molar-refractivity contribution in [2.45, 2.75) is 6.92 Å². The predicted octanol–water partition coefficient (Wildman–Crippen LogP) is 4.14. The molecule has 7 nitrogen and oxygen atoms in total. The average Bonchev–Trinajstić information content (AvgIpc) is 2.51. The summed E-state index contributed by atoms with van der Waals surface area (Å²) in [5.74, 6) is 0.799. The van der Waals surface area contributed by atoms with Gasteiger partial charge in [0, 0.05) is 6.07 Å². The number of nitrogens with zero attached hydrogens (tertiary/aromatic N) is 3. The van der Waals surface area contributed by atoms with Crippen LogP contribution in [0, 0.1) is 10.1 Å². The van der Waals surface area contributed by atoms with Crippen LogP contribution >= 0.6 is 23.2 Å². The molecule has 0 unspecified atom stereocenters. The standard InChI is InChI=1S/C14H12Cl2N4O3/c1-2-23-14-11(15)5-9(6-12(14)16)7-18-19-13-4-3-10(8-17-13)20(21)22/h3-8H,2H2,1H3,(H,17,19)/b18-7+. The van der Waals surface area contributed by atoms with Gasteiger partial charge in [-0.3, -0.25) is 15.5 Å². The van der Waals surface area contributed by atoms with Crippen LogP contribution < -0.4 is 10.2 Å². The molecule has 0 saturated carbocycles. The van der Waals surface area contributed by atoms with E-state index in [0.717, 1.165) is 6.20 Å². The molecule has 0 bridgehead atoms. The largest absolute Gasteiger partial charge is 0.491 e. The maximum atomic E-state index is 10.5. The number of nitrogens with one attached hydrogen (secondary N) is 1. The molecule has 23 heavy (non-hydrogen) atoms. The summed E-state index contributed by atoms with van der Waals surface area (Å²) < 4.78 is 5.34. The molecular weight excluding hydrogens is 343 g/mol. The molecule has 9 heteroatoms. The van der Waals surface area contributed by atoms with Crippen molar-refractivity contribution in [3.63, 3.8) is 0 Å². The van der Waals surface area contributed by atoms with E-state index in [1.165, 1.54) is 18.3 Å². The number of halogens is 2. The summed E-state index contributed by atoms with van der Waals surface area (Å²) in [7, 11) is 0. The second-order valence-corrected chi connectivity index (χ2v) is 5.09. The Labute approximate surface area is 142 Å². The molecule has 0 radical (unpaired) electrons. The van der Waals surface area contributed by atoms with Gasteiger partial charge in [-0.1, -0.05) is 23.2 Å². The Bertz CT molecular complexity index is 712. The van der Waals surface area contributed by atoms with Crippen molar-refractivity contribution in [2.75, 3.05) is 12.0 Å². The zero-order chi connectivity index (χ0) is 16.8. The van der Waals surface area contributed by atoms with Crippen LogP contribution in [-0.4, -0.2) is 22.7 Å². The van der Waals surface area contributed by atoms with E-state index in [9.17, 15) is 10.1 Å². The molecule has 0 atom stereocenters. The Hall–Kier alpha value is -2.38. The van der Waals surface area contributed by atoms with Gasteiger partial charge < -0.3 is 4.74 Å². The number of aromatic nitrogens is 1. The average molecular weight is 355 g/mol. The van der Waals surface area contributed by atoms with E-state index in [4.69, 9.17) is 27.9 Å². The van der Waals surface area contributed by atoms with E-state index < -0.39 is 4.92 Å². The van der Waals surface area contributed by atoms with E-state index >= 15 is 0 Å². The van der Waals surface area contributed by atoms with Gasteiger partial charge in [0.25, 0.3) is 5.69 Å². The first kappa shape index (κ1) is 17.0. The van der Waals surface area contributed by atoms with Crippen LogP contribution in [-0.2, 0) is 0 Å². The van der Waals surface area contributed by atoms with Crippen LogP contribution in [0.4, 0.5) is 11.5 Å². The lowest BCUT2D eigenvalue weighted by atomic mass is 10.2. The van der Waals surface area contributed by atoms with Crippen LogP contribution in [0.5, 0.6) is 5.75 Å². The molecule has 0 aliphatic rings. The zero-order valence-corrected chi connectivity index (χ0v) is 13.5. The molecule has 0 aliphatic heterocycles. The Morgan fingerprint density at radius 2 is 2.09 bits per heavy atom. The smallest absolute Gasteiger partial charge is 0.287 e. The van der Waals surface area contributed by atoms with E-state index in [0.29, 0.717) is 33.8 Å². The highest BCUT2D eigenvalue weighted by Gasteiger charge is 2.08. The molecule has 120 valence electrons. The number of nitro groups is 1. The zero-order valence-electron chi connectivity index (χ0n) is 12.0. The molecule has 1 N–H and O–H groups in total. The van der Waals surface area contributed by atoms with E-state index in [-0.39, 0.29) is 5.69 Å². The molecule has 0 spiro atoms. The van der Waals surface area contributed by atoms with Crippen LogP contribution in [0.25, 0.3) is 0 Å². The summed E-state index contributed by atoms with van der Waals surface area (Å²) in [4.78, 5) is 13.9. The van der Waals surface area contributed by atoms with Gasteiger partial charge in [-0.25, -0.2) is 4.98 Å². The monoisotopic (exact) mass is 354 g/mol. The fourth-order valence-corrected chi connectivity index (χ4v) is 2.28. The predicted molar refractivity (Wildman–Crippen MR) is 89.7 cm³/mol. The maximum absolute atomic E-state index is 10.5. The molecule has 2 rings (SSSR count). The lowest BCUT2D eigenvalue weighted by Gasteiger charge is -2.08. The quantitative estimate of drug-likeness (QED) is 0.478. The summed E-state index contributed by atoms with van der Waals surface area (Å²) >= 11 is 12.2. The van der Waals surface area contributed by atoms with E-state index in [1.54, 1.807) is 12.1 Å². The van der Waals surface area contributed by atoms with Crippen LogP contribution in [0.3, 0.4) is 0 Å². The Morgan fingerprint density at radius 1 is 1.39 bits per heavy atom. The highest BCUT2D eigenvalue weighted by atomic mass is 35.5. The summed E-state index contributed by atoms with van der Waals surface area (Å²) in [6.07, 6.45) is 2.64. The minimum atomic E-state index is -0.524. The fourth-order valence-electron chi connectivity index (χ4n) is 1.67. The van der Waals surface area contributed by atoms with Gasteiger partial charge in [0.2, 0.25) is 0 Å². The third-order valence-electron chi connectivity index (χ3n) is 2.66. The normalized spacial score (nSPS) is 10.7. The van der Waals surface area contributed by atoms with Crippen LogP contribution in [0.2, 0.25) is 10.0 Å². The maximum Gasteiger partial charge on any atom is 0.287 e. The summed E-state index contributed by atoms with van der Waals surface area (Å²) in [5, 5.41) is 15.3. The minimum Gasteiger partial charge on any atom is -0.491 e. The highest BCUT2D eigenvalue weighted by Crippen LogP contribution is 2.33. The van der Waals surface area contributed by atoms with Crippen molar-refractivity contribution in [2.24, 2.45) is 5.10 Å². The molecule has 1 aromatic heterocycles. The van der Waals surface area contributed by atoms with Crippen LogP contribution in [0.15, 0.2) is 35.6 Å². The van der Waals surface area contributed by atoms with Gasteiger partial charge >= 0.3 is 0 Å². The number of rotatable bonds is 6. The lowest BCUT2D eigenvalue weighted by Crippen LogP contribution is -1.96. The number of ether oxygens (including phenoxy) is 1. The molecule has 0 aliphatic carbocycles. The van der Waals surface area contributed by atoms with Crippen molar-refractivity contribution in [1.82, 2.24) is 4.98 Å². The van der Waals surface area contributed by atoms with Gasteiger partial charge in [0.15, 0.2) is 5.75 Å². The number of anilines is 1. The molecule has 0 saturated heterocycles. The molecular formula is C14H12Cl2N4O3. The number of benzene rings is 1. The van der Waals surface area contributed by atoms with Crippen molar-refractivity contribution in [1.29, 1.82) is 0 Å².